The second kappa shape index (κ2) is 10.3. The average molecular weight is 296 g/mol. The average Bonchev–Trinajstić information content (AvgIpc) is 2.28. The summed E-state index contributed by atoms with van der Waals surface area (Å²) in [7, 11) is 0. The van der Waals surface area contributed by atoms with E-state index in [0.29, 0.717) is 16.3 Å². The number of nitrogens with zero attached hydrogens (tertiary/aromatic N) is 4. The minimum absolute atomic E-state index is 0. The molecule has 0 unspecified atom stereocenters. The fourth-order valence-corrected chi connectivity index (χ4v) is 1.94. The van der Waals surface area contributed by atoms with E-state index in [1.54, 1.807) is 0 Å². The summed E-state index contributed by atoms with van der Waals surface area (Å²) >= 11 is 8.33. The van der Waals surface area contributed by atoms with E-state index in [1.165, 1.54) is 0 Å². The normalized spacial score (nSPS) is 10.0. The third kappa shape index (κ3) is 6.61. The van der Waals surface area contributed by atoms with Gasteiger partial charge in [-0.15, -0.1) is 25.3 Å². The molecule has 1 heterocycles. The van der Waals surface area contributed by atoms with Crippen molar-refractivity contribution in [3.63, 3.8) is 0 Å². The Bertz CT molecular complexity index is 324. The second-order valence-corrected chi connectivity index (χ2v) is 4.73. The van der Waals surface area contributed by atoms with Crippen molar-refractivity contribution in [2.45, 2.75) is 49.8 Å². The molecule has 0 radical (unpaired) electrons. The summed E-state index contributed by atoms with van der Waals surface area (Å²) in [5.74, 6) is 0.692. The molecule has 0 aliphatic rings. The van der Waals surface area contributed by atoms with Crippen molar-refractivity contribution < 1.29 is 0 Å². The van der Waals surface area contributed by atoms with Crippen molar-refractivity contribution in [1.29, 1.82) is 0 Å². The van der Waals surface area contributed by atoms with Gasteiger partial charge in [-0.1, -0.05) is 26.7 Å². The number of thiol groups is 2. The third-order valence-corrected chi connectivity index (χ3v) is 2.85. The maximum atomic E-state index is 4.26. The summed E-state index contributed by atoms with van der Waals surface area (Å²) in [5, 5.41) is 0.857. The number of unbranched alkanes of at least 4 members (excludes halogenated alkanes) is 2. The zero-order valence-corrected chi connectivity index (χ0v) is 12.2. The van der Waals surface area contributed by atoms with Gasteiger partial charge in [-0.25, -0.2) is 0 Å². The van der Waals surface area contributed by atoms with Gasteiger partial charge in [0.2, 0.25) is 5.95 Å². The summed E-state index contributed by atoms with van der Waals surface area (Å²) in [6.07, 6.45) is 4.60. The Morgan fingerprint density at radius 1 is 0.889 bits per heavy atom. The van der Waals surface area contributed by atoms with Crippen LogP contribution in [0.1, 0.15) is 39.5 Å². The topological polar surface area (TPSA) is 41.9 Å². The van der Waals surface area contributed by atoms with Gasteiger partial charge in [0.05, 0.1) is 0 Å². The van der Waals surface area contributed by atoms with Gasteiger partial charge in [-0.2, -0.15) is 15.0 Å². The van der Waals surface area contributed by atoms with Crippen LogP contribution in [0.2, 0.25) is 0 Å². The molecule has 98 valence electrons. The van der Waals surface area contributed by atoms with Crippen LogP contribution in [-0.2, 0) is 0 Å². The minimum atomic E-state index is 0. The quantitative estimate of drug-likeness (QED) is 0.598. The Kier molecular flexibility index (Phi) is 10.6. The van der Waals surface area contributed by atoms with Gasteiger partial charge < -0.3 is 4.90 Å². The molecule has 1 rings (SSSR count). The van der Waals surface area contributed by atoms with Gasteiger partial charge in [-0.3, -0.25) is 0 Å². The molecule has 0 saturated carbocycles. The van der Waals surface area contributed by atoms with Crippen molar-refractivity contribution in [3.05, 3.63) is 0 Å². The van der Waals surface area contributed by atoms with Crippen LogP contribution in [0.3, 0.4) is 0 Å². The molecule has 0 aromatic carbocycles. The van der Waals surface area contributed by atoms with Gasteiger partial charge in [0.15, 0.2) is 10.3 Å². The molecule has 0 bridgehead atoms. The summed E-state index contributed by atoms with van der Waals surface area (Å²) in [6, 6.07) is 0. The zero-order valence-electron chi connectivity index (χ0n) is 10.4. The number of rotatable bonds is 7. The summed E-state index contributed by atoms with van der Waals surface area (Å²) in [6.45, 7) is 6.31. The molecule has 0 spiro atoms. The van der Waals surface area contributed by atoms with Gasteiger partial charge >= 0.3 is 29.6 Å². The summed E-state index contributed by atoms with van der Waals surface area (Å²) in [4.78, 5) is 14.7. The van der Waals surface area contributed by atoms with E-state index < -0.39 is 0 Å². The number of anilines is 1. The Morgan fingerprint density at radius 3 is 1.72 bits per heavy atom. The van der Waals surface area contributed by atoms with Gasteiger partial charge in [0, 0.05) is 13.1 Å². The van der Waals surface area contributed by atoms with E-state index in [9.17, 15) is 0 Å². The third-order valence-electron chi connectivity index (χ3n) is 2.45. The van der Waals surface area contributed by atoms with E-state index in [4.69, 9.17) is 0 Å². The molecule has 0 N–H and O–H groups in total. The first kappa shape index (κ1) is 18.5. The first-order valence-corrected chi connectivity index (χ1v) is 6.95. The molecule has 0 aliphatic carbocycles. The molecule has 0 fully saturated rings. The van der Waals surface area contributed by atoms with Crippen LogP contribution in [-0.4, -0.2) is 57.6 Å². The van der Waals surface area contributed by atoms with Crippen LogP contribution in [0.15, 0.2) is 10.3 Å². The molecule has 1 aromatic rings. The molecule has 7 heteroatoms. The SMILES string of the molecule is CCCCN(CCCC)c1nc(S)nc(S)n1.[NaH]. The molecule has 0 atom stereocenters. The standard InChI is InChI=1S/C11H20N4S2.Na.H/c1-3-5-7-15(8-6-4-2)9-12-10(16)14-11(17)13-9;;/h3-8H2,1-2H3,(H2,12,13,14,16,17);;. The summed E-state index contributed by atoms with van der Waals surface area (Å²) in [5.41, 5.74) is 0. The Morgan fingerprint density at radius 2 is 1.33 bits per heavy atom. The summed E-state index contributed by atoms with van der Waals surface area (Å²) < 4.78 is 0. The van der Waals surface area contributed by atoms with Crippen molar-refractivity contribution in [3.8, 4) is 0 Å². The molecular weight excluding hydrogens is 275 g/mol. The molecule has 4 nitrogen and oxygen atoms in total. The predicted octanol–water partition coefficient (Wildman–Crippen LogP) is 2.21. The fraction of sp³-hybridized carbons (Fsp3) is 0.727. The van der Waals surface area contributed by atoms with E-state index in [-0.39, 0.29) is 29.6 Å². The fourth-order valence-electron chi connectivity index (χ4n) is 1.49. The van der Waals surface area contributed by atoms with Gasteiger partial charge in [-0.05, 0) is 12.8 Å². The van der Waals surface area contributed by atoms with Crippen molar-refractivity contribution in [2.24, 2.45) is 0 Å². The molecule has 0 saturated heterocycles. The maximum absolute atomic E-state index is 4.26. The van der Waals surface area contributed by atoms with Crippen molar-refractivity contribution in [2.75, 3.05) is 18.0 Å². The molecule has 18 heavy (non-hydrogen) atoms. The second-order valence-electron chi connectivity index (χ2n) is 3.93. The van der Waals surface area contributed by atoms with Crippen molar-refractivity contribution in [1.82, 2.24) is 15.0 Å². The van der Waals surface area contributed by atoms with Crippen LogP contribution < -0.4 is 4.90 Å². The Labute approximate surface area is 142 Å². The van der Waals surface area contributed by atoms with E-state index in [0.717, 1.165) is 38.8 Å². The van der Waals surface area contributed by atoms with Gasteiger partial charge in [0.1, 0.15) is 0 Å². The van der Waals surface area contributed by atoms with Crippen LogP contribution in [0, 0.1) is 0 Å². The first-order valence-electron chi connectivity index (χ1n) is 6.06. The van der Waals surface area contributed by atoms with E-state index >= 15 is 0 Å². The van der Waals surface area contributed by atoms with E-state index in [1.807, 2.05) is 0 Å². The van der Waals surface area contributed by atoms with Crippen LogP contribution in [0.4, 0.5) is 5.95 Å². The monoisotopic (exact) mass is 296 g/mol. The Hall–Kier alpha value is 0.510. The van der Waals surface area contributed by atoms with Crippen LogP contribution in [0.25, 0.3) is 0 Å². The molecule has 0 aliphatic heterocycles. The molecular formula is C11H21N4NaS2. The van der Waals surface area contributed by atoms with Gasteiger partial charge in [0.25, 0.3) is 0 Å². The predicted molar refractivity (Wildman–Crippen MR) is 83.5 cm³/mol. The molecule has 0 amide bonds. The first-order chi connectivity index (χ1) is 8.17. The Balaban J connectivity index is 0.00000289. The molecule has 1 aromatic heterocycles. The number of hydrogen-bond donors (Lipinski definition) is 2. The van der Waals surface area contributed by atoms with Crippen LogP contribution >= 0.6 is 25.3 Å². The van der Waals surface area contributed by atoms with Crippen LogP contribution in [0.5, 0.6) is 0 Å². The zero-order chi connectivity index (χ0) is 12.7. The van der Waals surface area contributed by atoms with Crippen molar-refractivity contribution >= 4 is 60.8 Å². The van der Waals surface area contributed by atoms with E-state index in [2.05, 4.69) is 59.0 Å². The number of hydrogen-bond acceptors (Lipinski definition) is 6. The number of aromatic nitrogens is 3.